The highest BCUT2D eigenvalue weighted by molar-refractivity contribution is 7.19. The Morgan fingerprint density at radius 2 is 2.25 bits per heavy atom. The van der Waals surface area contributed by atoms with Crippen molar-refractivity contribution in [2.24, 2.45) is 11.8 Å². The van der Waals surface area contributed by atoms with Gasteiger partial charge in [0.05, 0.1) is 11.3 Å². The summed E-state index contributed by atoms with van der Waals surface area (Å²) in [5, 5.41) is 2.56. The van der Waals surface area contributed by atoms with Crippen molar-refractivity contribution >= 4 is 38.9 Å². The number of H-pyrrole nitrogens is 1. The zero-order valence-electron chi connectivity index (χ0n) is 13.3. The van der Waals surface area contributed by atoms with E-state index in [0.717, 1.165) is 16.9 Å². The van der Waals surface area contributed by atoms with E-state index >= 15 is 0 Å². The van der Waals surface area contributed by atoms with Crippen LogP contribution >= 0.6 is 22.7 Å². The molecule has 3 aromatic rings. The second kappa shape index (κ2) is 5.82. The van der Waals surface area contributed by atoms with Gasteiger partial charge in [-0.25, -0.2) is 4.98 Å². The number of esters is 1. The summed E-state index contributed by atoms with van der Waals surface area (Å²) in [4.78, 5) is 34.4. The average Bonchev–Trinajstić information content (AvgIpc) is 2.95. The normalized spacial score (nSPS) is 19.6. The second-order valence-electron chi connectivity index (χ2n) is 6.18. The van der Waals surface area contributed by atoms with Crippen LogP contribution in [0.1, 0.15) is 24.0 Å². The molecule has 0 amide bonds. The van der Waals surface area contributed by atoms with Crippen LogP contribution in [0.4, 0.5) is 0 Å². The van der Waals surface area contributed by atoms with E-state index in [0.29, 0.717) is 22.0 Å². The minimum atomic E-state index is -0.203. The van der Waals surface area contributed by atoms with Gasteiger partial charge in [-0.3, -0.25) is 9.59 Å². The molecule has 1 saturated carbocycles. The van der Waals surface area contributed by atoms with Gasteiger partial charge in [-0.2, -0.15) is 0 Å². The molecular weight excluding hydrogens is 344 g/mol. The lowest BCUT2D eigenvalue weighted by Gasteiger charge is -2.04. The molecule has 0 spiro atoms. The molecule has 124 valence electrons. The number of fused-ring (bicyclic) bond motifs is 1. The fourth-order valence-corrected chi connectivity index (χ4v) is 4.64. The predicted molar refractivity (Wildman–Crippen MR) is 95.4 cm³/mol. The number of aromatic nitrogens is 2. The quantitative estimate of drug-likeness (QED) is 0.720. The first-order valence-electron chi connectivity index (χ1n) is 7.77. The number of nitrogens with zero attached hydrogens (tertiary/aromatic N) is 1. The molecule has 1 aliphatic rings. The highest BCUT2D eigenvalue weighted by atomic mass is 32.1. The summed E-state index contributed by atoms with van der Waals surface area (Å²) in [7, 11) is 0. The lowest BCUT2D eigenvalue weighted by molar-refractivity contribution is -0.147. The van der Waals surface area contributed by atoms with E-state index in [1.54, 1.807) is 11.3 Å². The first-order valence-corrected chi connectivity index (χ1v) is 9.46. The van der Waals surface area contributed by atoms with Crippen LogP contribution < -0.4 is 5.56 Å². The maximum Gasteiger partial charge on any atom is 0.309 e. The van der Waals surface area contributed by atoms with E-state index in [4.69, 9.17) is 4.74 Å². The van der Waals surface area contributed by atoms with E-state index in [-0.39, 0.29) is 24.1 Å². The van der Waals surface area contributed by atoms with Gasteiger partial charge in [-0.1, -0.05) is 6.92 Å². The Bertz CT molecular complexity index is 985. The van der Waals surface area contributed by atoms with E-state index < -0.39 is 0 Å². The van der Waals surface area contributed by atoms with Gasteiger partial charge in [0, 0.05) is 20.7 Å². The maximum absolute atomic E-state index is 12.5. The van der Waals surface area contributed by atoms with Crippen molar-refractivity contribution in [2.75, 3.05) is 0 Å². The third kappa shape index (κ3) is 2.78. The van der Waals surface area contributed by atoms with Crippen molar-refractivity contribution in [2.45, 2.75) is 26.9 Å². The van der Waals surface area contributed by atoms with Crippen molar-refractivity contribution in [1.29, 1.82) is 0 Å². The number of carbonyl (C=O) groups is 1. The molecule has 0 radical (unpaired) electrons. The number of hydrogen-bond acceptors (Lipinski definition) is 6. The first kappa shape index (κ1) is 15.5. The van der Waals surface area contributed by atoms with E-state index in [1.807, 2.05) is 31.4 Å². The molecule has 2 atom stereocenters. The molecule has 0 aromatic carbocycles. The third-order valence-corrected chi connectivity index (χ3v) is 6.17. The van der Waals surface area contributed by atoms with Gasteiger partial charge in [0.25, 0.3) is 5.56 Å². The number of hydrogen-bond donors (Lipinski definition) is 1. The molecule has 24 heavy (non-hydrogen) atoms. The Labute approximate surface area is 146 Å². The van der Waals surface area contributed by atoms with Gasteiger partial charge in [0.2, 0.25) is 0 Å². The third-order valence-electron chi connectivity index (χ3n) is 4.26. The number of ether oxygens (including phenoxy) is 1. The number of aryl methyl sites for hydroxylation is 1. The summed E-state index contributed by atoms with van der Waals surface area (Å²) in [6.07, 6.45) is 0.885. The van der Waals surface area contributed by atoms with Crippen molar-refractivity contribution in [1.82, 2.24) is 9.97 Å². The van der Waals surface area contributed by atoms with Crippen molar-refractivity contribution in [3.05, 3.63) is 38.6 Å². The second-order valence-corrected chi connectivity index (χ2v) is 8.33. The van der Waals surface area contributed by atoms with Gasteiger partial charge < -0.3 is 9.72 Å². The lowest BCUT2D eigenvalue weighted by Crippen LogP contribution is -2.15. The zero-order chi connectivity index (χ0) is 16.8. The van der Waals surface area contributed by atoms with E-state index in [2.05, 4.69) is 9.97 Å². The lowest BCUT2D eigenvalue weighted by atomic mass is 10.2. The number of rotatable bonds is 4. The Morgan fingerprint density at radius 1 is 1.46 bits per heavy atom. The molecule has 0 saturated heterocycles. The molecule has 1 fully saturated rings. The van der Waals surface area contributed by atoms with Gasteiger partial charge in [0.1, 0.15) is 17.3 Å². The summed E-state index contributed by atoms with van der Waals surface area (Å²) >= 11 is 3.09. The molecule has 3 aromatic heterocycles. The van der Waals surface area contributed by atoms with Crippen LogP contribution in [0.25, 0.3) is 20.7 Å². The zero-order valence-corrected chi connectivity index (χ0v) is 14.9. The summed E-state index contributed by atoms with van der Waals surface area (Å²) in [5.41, 5.74) is 0.727. The van der Waals surface area contributed by atoms with E-state index in [9.17, 15) is 9.59 Å². The highest BCUT2D eigenvalue weighted by Crippen LogP contribution is 2.39. The summed E-state index contributed by atoms with van der Waals surface area (Å²) in [6, 6.07) is 4.06. The Kier molecular flexibility index (Phi) is 3.77. The molecule has 7 heteroatoms. The van der Waals surface area contributed by atoms with Crippen LogP contribution in [0.3, 0.4) is 0 Å². The van der Waals surface area contributed by atoms with Crippen LogP contribution in [0.5, 0.6) is 0 Å². The van der Waals surface area contributed by atoms with Crippen molar-refractivity contribution in [3.8, 4) is 10.4 Å². The standard InChI is InChI=1S/C17H16N2O3S2/c1-8-5-10(8)17(21)22-6-13-18-15(20)14-11(7-23-16(14)19-13)12-4-3-9(2)24-12/h3-4,7-8,10H,5-6H2,1-2H3,(H,18,19,20)/t8-,10-/m1/s1. The van der Waals surface area contributed by atoms with Crippen LogP contribution in [-0.4, -0.2) is 15.9 Å². The van der Waals surface area contributed by atoms with Crippen LogP contribution in [0.2, 0.25) is 0 Å². The Hall–Kier alpha value is -1.99. The molecule has 0 unspecified atom stereocenters. The smallest absolute Gasteiger partial charge is 0.309 e. The minimum absolute atomic E-state index is 0.0101. The topological polar surface area (TPSA) is 72.0 Å². The van der Waals surface area contributed by atoms with Crippen LogP contribution in [0.15, 0.2) is 22.3 Å². The minimum Gasteiger partial charge on any atom is -0.457 e. The number of thiophene rings is 2. The van der Waals surface area contributed by atoms with Gasteiger partial charge in [-0.15, -0.1) is 22.7 Å². The molecule has 0 bridgehead atoms. The maximum atomic E-state index is 12.5. The molecule has 1 N–H and O–H groups in total. The van der Waals surface area contributed by atoms with Crippen molar-refractivity contribution in [3.63, 3.8) is 0 Å². The highest BCUT2D eigenvalue weighted by Gasteiger charge is 2.40. The number of aromatic amines is 1. The Morgan fingerprint density at radius 3 is 2.92 bits per heavy atom. The van der Waals surface area contributed by atoms with Crippen molar-refractivity contribution < 1.29 is 9.53 Å². The fraction of sp³-hybridized carbons (Fsp3) is 0.353. The fourth-order valence-electron chi connectivity index (χ4n) is 2.72. The molecule has 0 aliphatic heterocycles. The number of carbonyl (C=O) groups excluding carboxylic acids is 1. The van der Waals surface area contributed by atoms with Gasteiger partial charge in [-0.05, 0) is 31.4 Å². The Balaban J connectivity index is 1.61. The average molecular weight is 360 g/mol. The van der Waals surface area contributed by atoms with Gasteiger partial charge in [0.15, 0.2) is 0 Å². The van der Waals surface area contributed by atoms with Gasteiger partial charge >= 0.3 is 5.97 Å². The SMILES string of the molecule is Cc1ccc(-c2csc3nc(COC(=O)[C@@H]4C[C@H]4C)[nH]c(=O)c23)s1. The summed E-state index contributed by atoms with van der Waals surface area (Å²) in [6.45, 7) is 4.08. The van der Waals surface area contributed by atoms with Crippen LogP contribution in [0, 0.1) is 18.8 Å². The summed E-state index contributed by atoms with van der Waals surface area (Å²) < 4.78 is 5.26. The van der Waals surface area contributed by atoms with Crippen LogP contribution in [-0.2, 0) is 16.1 Å². The largest absolute Gasteiger partial charge is 0.457 e. The molecule has 1 aliphatic carbocycles. The monoisotopic (exact) mass is 360 g/mol. The first-order chi connectivity index (χ1) is 11.5. The number of nitrogens with one attached hydrogen (secondary N) is 1. The van der Waals surface area contributed by atoms with E-state index in [1.165, 1.54) is 16.2 Å². The molecular formula is C17H16N2O3S2. The molecule has 5 nitrogen and oxygen atoms in total. The molecule has 3 heterocycles. The molecule has 4 rings (SSSR count). The summed E-state index contributed by atoms with van der Waals surface area (Å²) in [5.74, 6) is 0.605. The predicted octanol–water partition coefficient (Wildman–Crippen LogP) is 3.72.